The van der Waals surface area contributed by atoms with Crippen LogP contribution in [0.3, 0.4) is 0 Å². The van der Waals surface area contributed by atoms with E-state index in [1.807, 2.05) is 43.0 Å². The third-order valence-corrected chi connectivity index (χ3v) is 6.84. The van der Waals surface area contributed by atoms with E-state index in [2.05, 4.69) is 36.3 Å². The molecule has 0 saturated carbocycles. The molecule has 9 heteroatoms. The second-order valence-corrected chi connectivity index (χ2v) is 11.1. The predicted molar refractivity (Wildman–Crippen MR) is 144 cm³/mol. The molecule has 2 aliphatic heterocycles. The van der Waals surface area contributed by atoms with Crippen molar-refractivity contribution in [3.8, 4) is 0 Å². The molecule has 4 amide bonds. The molecular formula is C28H43N5O4. The highest BCUT2D eigenvalue weighted by Gasteiger charge is 2.37. The lowest BCUT2D eigenvalue weighted by atomic mass is 9.85. The Labute approximate surface area is 221 Å². The predicted octanol–water partition coefficient (Wildman–Crippen LogP) is 3.62. The van der Waals surface area contributed by atoms with Gasteiger partial charge in [-0.05, 0) is 43.7 Å². The van der Waals surface area contributed by atoms with Gasteiger partial charge in [-0.1, -0.05) is 45.0 Å². The number of nitrogens with zero attached hydrogens (tertiary/aromatic N) is 3. The molecule has 1 aromatic rings. The Hall–Kier alpha value is -3.07. The molecule has 1 atom stereocenters. The zero-order valence-electron chi connectivity index (χ0n) is 23.4. The standard InChI is InChI=1S/C28H43N5O4/c1-8-37-25(34)23-22(18-32-14-9-15-33(17-16-32)27(36)29-19(2)3)31(7)26(35)30-24(23)20-10-12-21(13-11-20)28(4,5)6/h10-13,19,24H,8-9,14-18H2,1-7H3,(H,29,36)(H,30,35). The molecule has 1 saturated heterocycles. The number of rotatable bonds is 6. The van der Waals surface area contributed by atoms with Crippen molar-refractivity contribution >= 4 is 18.0 Å². The Morgan fingerprint density at radius 2 is 1.78 bits per heavy atom. The second-order valence-electron chi connectivity index (χ2n) is 11.1. The quantitative estimate of drug-likeness (QED) is 0.567. The number of esters is 1. The minimum Gasteiger partial charge on any atom is -0.463 e. The summed E-state index contributed by atoms with van der Waals surface area (Å²) in [5.41, 5.74) is 3.08. The van der Waals surface area contributed by atoms with Gasteiger partial charge in [0.1, 0.15) is 0 Å². The van der Waals surface area contributed by atoms with Crippen LogP contribution in [0.1, 0.15) is 65.1 Å². The van der Waals surface area contributed by atoms with Crippen LogP contribution in [0, 0.1) is 0 Å². The Kier molecular flexibility index (Phi) is 9.23. The normalized spacial score (nSPS) is 19.6. The van der Waals surface area contributed by atoms with Gasteiger partial charge in [0.2, 0.25) is 0 Å². The van der Waals surface area contributed by atoms with Gasteiger partial charge in [0.15, 0.2) is 0 Å². The molecule has 3 rings (SSSR count). The van der Waals surface area contributed by atoms with E-state index in [-0.39, 0.29) is 30.1 Å². The van der Waals surface area contributed by atoms with Crippen molar-refractivity contribution < 1.29 is 19.1 Å². The minimum absolute atomic E-state index is 0.00768. The van der Waals surface area contributed by atoms with E-state index in [4.69, 9.17) is 4.74 Å². The van der Waals surface area contributed by atoms with Gasteiger partial charge in [0, 0.05) is 51.5 Å². The SMILES string of the molecule is CCOC(=O)C1=C(CN2CCCN(C(=O)NC(C)C)CC2)N(C)C(=O)NC1c1ccc(C(C)(C)C)cc1. The summed E-state index contributed by atoms with van der Waals surface area (Å²) in [7, 11) is 1.68. The molecule has 2 N–H and O–H groups in total. The monoisotopic (exact) mass is 513 g/mol. The van der Waals surface area contributed by atoms with Crippen LogP contribution in [-0.4, -0.2) is 85.2 Å². The number of hydrogen-bond acceptors (Lipinski definition) is 5. The fourth-order valence-electron chi connectivity index (χ4n) is 4.71. The second kappa shape index (κ2) is 12.0. The first-order valence-electron chi connectivity index (χ1n) is 13.2. The van der Waals surface area contributed by atoms with Crippen molar-refractivity contribution in [2.75, 3.05) is 46.4 Å². The van der Waals surface area contributed by atoms with Gasteiger partial charge in [-0.25, -0.2) is 14.4 Å². The van der Waals surface area contributed by atoms with Crippen LogP contribution in [0.15, 0.2) is 35.5 Å². The van der Waals surface area contributed by atoms with Crippen LogP contribution in [0.25, 0.3) is 0 Å². The van der Waals surface area contributed by atoms with E-state index in [1.54, 1.807) is 14.0 Å². The summed E-state index contributed by atoms with van der Waals surface area (Å²) in [5.74, 6) is -0.429. The van der Waals surface area contributed by atoms with Gasteiger partial charge in [0.05, 0.1) is 18.2 Å². The topological polar surface area (TPSA) is 94.2 Å². The summed E-state index contributed by atoms with van der Waals surface area (Å²) in [5, 5.41) is 5.96. The highest BCUT2D eigenvalue weighted by Crippen LogP contribution is 2.33. The fourth-order valence-corrected chi connectivity index (χ4v) is 4.71. The van der Waals surface area contributed by atoms with Gasteiger partial charge in [-0.15, -0.1) is 0 Å². The summed E-state index contributed by atoms with van der Waals surface area (Å²) in [6.45, 7) is 15.4. The smallest absolute Gasteiger partial charge is 0.338 e. The molecule has 0 bridgehead atoms. The van der Waals surface area contributed by atoms with Gasteiger partial charge in [-0.2, -0.15) is 0 Å². The molecule has 0 radical (unpaired) electrons. The number of carbonyl (C=O) groups is 3. The highest BCUT2D eigenvalue weighted by atomic mass is 16.5. The van der Waals surface area contributed by atoms with E-state index in [0.717, 1.165) is 18.5 Å². The van der Waals surface area contributed by atoms with E-state index in [1.165, 1.54) is 10.5 Å². The lowest BCUT2D eigenvalue weighted by molar-refractivity contribution is -0.139. The van der Waals surface area contributed by atoms with E-state index < -0.39 is 12.0 Å². The number of urea groups is 2. The number of nitrogens with one attached hydrogen (secondary N) is 2. The molecule has 204 valence electrons. The largest absolute Gasteiger partial charge is 0.463 e. The first kappa shape index (κ1) is 28.5. The first-order valence-corrected chi connectivity index (χ1v) is 13.2. The van der Waals surface area contributed by atoms with Crippen LogP contribution in [0.2, 0.25) is 0 Å². The molecule has 0 spiro atoms. The van der Waals surface area contributed by atoms with Crippen LogP contribution in [0.5, 0.6) is 0 Å². The number of benzene rings is 1. The third-order valence-electron chi connectivity index (χ3n) is 6.84. The van der Waals surface area contributed by atoms with Crippen molar-refractivity contribution in [2.24, 2.45) is 0 Å². The van der Waals surface area contributed by atoms with E-state index in [9.17, 15) is 14.4 Å². The van der Waals surface area contributed by atoms with Crippen LogP contribution >= 0.6 is 0 Å². The average Bonchev–Trinajstić information content (AvgIpc) is 3.07. The van der Waals surface area contributed by atoms with Crippen molar-refractivity contribution in [2.45, 2.75) is 65.5 Å². The maximum atomic E-state index is 13.3. The molecule has 9 nitrogen and oxygen atoms in total. The van der Waals surface area contributed by atoms with Crippen LogP contribution in [-0.2, 0) is 14.9 Å². The Morgan fingerprint density at radius 1 is 1.11 bits per heavy atom. The zero-order valence-corrected chi connectivity index (χ0v) is 23.4. The van der Waals surface area contributed by atoms with Crippen molar-refractivity contribution in [3.63, 3.8) is 0 Å². The minimum atomic E-state index is -0.605. The third kappa shape index (κ3) is 7.03. The first-order chi connectivity index (χ1) is 17.4. The lowest BCUT2D eigenvalue weighted by Crippen LogP contribution is -2.49. The van der Waals surface area contributed by atoms with Crippen LogP contribution in [0.4, 0.5) is 9.59 Å². The molecule has 0 aromatic heterocycles. The van der Waals surface area contributed by atoms with Gasteiger partial charge in [0.25, 0.3) is 0 Å². The van der Waals surface area contributed by atoms with E-state index >= 15 is 0 Å². The Balaban J connectivity index is 1.91. The number of hydrogen-bond donors (Lipinski definition) is 2. The molecule has 0 aliphatic carbocycles. The number of likely N-dealkylation sites (N-methyl/N-ethyl adjacent to an activating group) is 1. The van der Waals surface area contributed by atoms with Crippen molar-refractivity contribution in [3.05, 3.63) is 46.7 Å². The average molecular weight is 514 g/mol. The maximum absolute atomic E-state index is 13.3. The van der Waals surface area contributed by atoms with Gasteiger partial charge in [-0.3, -0.25) is 9.80 Å². The van der Waals surface area contributed by atoms with E-state index in [0.29, 0.717) is 37.4 Å². The maximum Gasteiger partial charge on any atom is 0.338 e. The summed E-state index contributed by atoms with van der Waals surface area (Å²) < 4.78 is 5.47. The highest BCUT2D eigenvalue weighted by molar-refractivity contribution is 5.95. The molecule has 1 aromatic carbocycles. The lowest BCUT2D eigenvalue weighted by Gasteiger charge is -2.36. The molecule has 2 heterocycles. The fraction of sp³-hybridized carbons (Fsp3) is 0.607. The summed E-state index contributed by atoms with van der Waals surface area (Å²) in [6, 6.07) is 7.20. The molecule has 2 aliphatic rings. The molecule has 1 unspecified atom stereocenters. The molecule has 37 heavy (non-hydrogen) atoms. The van der Waals surface area contributed by atoms with Crippen molar-refractivity contribution in [1.29, 1.82) is 0 Å². The Bertz CT molecular complexity index is 1010. The number of ether oxygens (including phenoxy) is 1. The van der Waals surface area contributed by atoms with Gasteiger partial charge < -0.3 is 20.3 Å². The van der Waals surface area contributed by atoms with Gasteiger partial charge >= 0.3 is 18.0 Å². The van der Waals surface area contributed by atoms with Crippen LogP contribution < -0.4 is 10.6 Å². The summed E-state index contributed by atoms with van der Waals surface area (Å²) >= 11 is 0. The van der Waals surface area contributed by atoms with Crippen molar-refractivity contribution in [1.82, 2.24) is 25.3 Å². The zero-order chi connectivity index (χ0) is 27.3. The Morgan fingerprint density at radius 3 is 2.38 bits per heavy atom. The summed E-state index contributed by atoms with van der Waals surface area (Å²) in [6.07, 6.45) is 0.807. The number of amides is 4. The number of carbonyl (C=O) groups excluding carboxylic acids is 3. The molecular weight excluding hydrogens is 470 g/mol. The molecule has 1 fully saturated rings. The summed E-state index contributed by atoms with van der Waals surface area (Å²) in [4.78, 5) is 44.4.